The smallest absolute Gasteiger partial charge is 0.325 e. The minimum atomic E-state index is -1.01. The number of hydrogen-bond donors (Lipinski definition) is 2. The summed E-state index contributed by atoms with van der Waals surface area (Å²) in [5, 5.41) is 15.9. The van der Waals surface area contributed by atoms with Gasteiger partial charge in [-0.25, -0.2) is 0 Å². The van der Waals surface area contributed by atoms with Crippen LogP contribution in [0.15, 0.2) is 30.6 Å². The molecule has 0 aliphatic heterocycles. The summed E-state index contributed by atoms with van der Waals surface area (Å²) in [6, 6.07) is 4.95. The molecular weight excluding hydrogens is 317 g/mol. The quantitative estimate of drug-likeness (QED) is 0.883. The van der Waals surface area contributed by atoms with Crippen LogP contribution in [-0.2, 0) is 22.6 Å². The lowest BCUT2D eigenvalue weighted by Gasteiger charge is -2.04. The van der Waals surface area contributed by atoms with Gasteiger partial charge in [-0.3, -0.25) is 14.3 Å². The molecule has 2 N–H and O–H groups in total. The summed E-state index contributed by atoms with van der Waals surface area (Å²) in [5.74, 6) is -1.27. The maximum absolute atomic E-state index is 11.9. The number of amides is 1. The predicted octanol–water partition coefficient (Wildman–Crippen LogP) is 2.46. The summed E-state index contributed by atoms with van der Waals surface area (Å²) in [6.45, 7) is -0.261. The first kappa shape index (κ1) is 15.3. The van der Waals surface area contributed by atoms with Gasteiger partial charge in [-0.05, 0) is 17.7 Å². The van der Waals surface area contributed by atoms with E-state index in [1.165, 1.54) is 17.1 Å². The van der Waals surface area contributed by atoms with Crippen LogP contribution in [0.4, 0.5) is 5.69 Å². The third kappa shape index (κ3) is 4.47. The third-order valence-corrected chi connectivity index (χ3v) is 3.30. The number of nitrogens with one attached hydrogen (secondary N) is 1. The molecule has 8 heteroatoms. The second-order valence-corrected chi connectivity index (χ2v) is 5.11. The molecule has 0 saturated heterocycles. The number of aromatic nitrogens is 2. The first-order valence-electron chi connectivity index (χ1n) is 5.92. The van der Waals surface area contributed by atoms with E-state index in [0.29, 0.717) is 15.7 Å². The Morgan fingerprint density at radius 3 is 2.71 bits per heavy atom. The van der Waals surface area contributed by atoms with E-state index in [0.717, 1.165) is 5.56 Å². The molecule has 0 saturated carbocycles. The summed E-state index contributed by atoms with van der Waals surface area (Å²) >= 11 is 11.7. The average molecular weight is 328 g/mol. The maximum atomic E-state index is 11.9. The fourth-order valence-corrected chi connectivity index (χ4v) is 2.01. The van der Waals surface area contributed by atoms with E-state index >= 15 is 0 Å². The van der Waals surface area contributed by atoms with Gasteiger partial charge in [0.05, 0.1) is 28.4 Å². The Kier molecular flexibility index (Phi) is 4.82. The monoisotopic (exact) mass is 327 g/mol. The topological polar surface area (TPSA) is 84.2 Å². The number of carbonyl (C=O) groups is 2. The molecule has 2 aromatic rings. The maximum Gasteiger partial charge on any atom is 0.325 e. The van der Waals surface area contributed by atoms with E-state index < -0.39 is 5.97 Å². The normalized spacial score (nSPS) is 10.4. The van der Waals surface area contributed by atoms with Crippen molar-refractivity contribution in [3.63, 3.8) is 0 Å². The van der Waals surface area contributed by atoms with Crippen molar-refractivity contribution in [3.05, 3.63) is 46.2 Å². The van der Waals surface area contributed by atoms with Crippen molar-refractivity contribution >= 4 is 40.8 Å². The first-order chi connectivity index (χ1) is 9.94. The number of anilines is 1. The zero-order valence-electron chi connectivity index (χ0n) is 10.7. The van der Waals surface area contributed by atoms with Crippen molar-refractivity contribution in [1.29, 1.82) is 0 Å². The minimum absolute atomic E-state index is 0.126. The van der Waals surface area contributed by atoms with Gasteiger partial charge in [0.15, 0.2) is 0 Å². The Morgan fingerprint density at radius 2 is 2.05 bits per heavy atom. The lowest BCUT2D eigenvalue weighted by molar-refractivity contribution is -0.137. The van der Waals surface area contributed by atoms with Gasteiger partial charge in [0, 0.05) is 6.20 Å². The fraction of sp³-hybridized carbons (Fsp3) is 0.154. The summed E-state index contributed by atoms with van der Waals surface area (Å²) < 4.78 is 1.22. The minimum Gasteiger partial charge on any atom is -0.480 e. The van der Waals surface area contributed by atoms with Crippen LogP contribution >= 0.6 is 23.2 Å². The van der Waals surface area contributed by atoms with Crippen molar-refractivity contribution in [2.75, 3.05) is 5.32 Å². The van der Waals surface area contributed by atoms with Crippen LogP contribution in [0.25, 0.3) is 0 Å². The van der Waals surface area contributed by atoms with Gasteiger partial charge in [0.1, 0.15) is 6.54 Å². The van der Waals surface area contributed by atoms with Crippen molar-refractivity contribution < 1.29 is 14.7 Å². The number of rotatable bonds is 5. The zero-order chi connectivity index (χ0) is 15.4. The van der Waals surface area contributed by atoms with Crippen molar-refractivity contribution in [1.82, 2.24) is 9.78 Å². The van der Waals surface area contributed by atoms with E-state index in [4.69, 9.17) is 28.3 Å². The van der Waals surface area contributed by atoms with Crippen LogP contribution in [0.2, 0.25) is 10.0 Å². The van der Waals surface area contributed by atoms with Gasteiger partial charge in [0.2, 0.25) is 5.91 Å². The molecule has 2 rings (SSSR count). The predicted molar refractivity (Wildman–Crippen MR) is 78.7 cm³/mol. The van der Waals surface area contributed by atoms with Gasteiger partial charge in [-0.2, -0.15) is 5.10 Å². The highest BCUT2D eigenvalue weighted by atomic mass is 35.5. The van der Waals surface area contributed by atoms with Crippen molar-refractivity contribution in [2.45, 2.75) is 13.0 Å². The number of carboxylic acid groups (broad SMARTS) is 1. The van der Waals surface area contributed by atoms with Crippen molar-refractivity contribution in [3.8, 4) is 0 Å². The Balaban J connectivity index is 1.96. The highest BCUT2D eigenvalue weighted by Gasteiger charge is 2.08. The molecule has 0 unspecified atom stereocenters. The highest BCUT2D eigenvalue weighted by Crippen LogP contribution is 2.22. The molecule has 0 radical (unpaired) electrons. The molecule has 6 nitrogen and oxygen atoms in total. The molecule has 1 amide bonds. The lowest BCUT2D eigenvalue weighted by atomic mass is 10.1. The van der Waals surface area contributed by atoms with Crippen LogP contribution in [-0.4, -0.2) is 26.8 Å². The molecule has 0 spiro atoms. The Morgan fingerprint density at radius 1 is 1.29 bits per heavy atom. The second kappa shape index (κ2) is 6.60. The first-order valence-corrected chi connectivity index (χ1v) is 6.67. The number of carboxylic acids is 1. The van der Waals surface area contributed by atoms with Crippen LogP contribution in [0.3, 0.4) is 0 Å². The van der Waals surface area contributed by atoms with E-state index in [9.17, 15) is 9.59 Å². The zero-order valence-corrected chi connectivity index (χ0v) is 12.2. The van der Waals surface area contributed by atoms with E-state index in [1.807, 2.05) is 0 Å². The van der Waals surface area contributed by atoms with Crippen LogP contribution < -0.4 is 5.32 Å². The molecule has 1 heterocycles. The summed E-state index contributed by atoms with van der Waals surface area (Å²) in [6.07, 6.45) is 2.96. The van der Waals surface area contributed by atoms with E-state index in [-0.39, 0.29) is 18.9 Å². The average Bonchev–Trinajstić information content (AvgIpc) is 2.80. The number of nitrogens with zero attached hydrogens (tertiary/aromatic N) is 2. The van der Waals surface area contributed by atoms with Crippen LogP contribution in [0, 0.1) is 0 Å². The molecule has 110 valence electrons. The van der Waals surface area contributed by atoms with Gasteiger partial charge >= 0.3 is 5.97 Å². The number of aliphatic carboxylic acids is 1. The largest absolute Gasteiger partial charge is 0.480 e. The molecule has 0 bridgehead atoms. The number of halogens is 2. The molecule has 1 aromatic carbocycles. The number of hydrogen-bond acceptors (Lipinski definition) is 3. The van der Waals surface area contributed by atoms with Crippen LogP contribution in [0.1, 0.15) is 5.56 Å². The summed E-state index contributed by atoms with van der Waals surface area (Å²) in [4.78, 5) is 22.4. The Bertz CT molecular complexity index is 685. The molecule has 0 aliphatic carbocycles. The molecular formula is C13H11Cl2N3O3. The van der Waals surface area contributed by atoms with Crippen LogP contribution in [0.5, 0.6) is 0 Å². The number of benzene rings is 1. The molecule has 1 aromatic heterocycles. The van der Waals surface area contributed by atoms with Crippen molar-refractivity contribution in [2.24, 2.45) is 0 Å². The van der Waals surface area contributed by atoms with Gasteiger partial charge in [-0.1, -0.05) is 29.3 Å². The number of carbonyl (C=O) groups excluding carboxylic acids is 1. The lowest BCUT2D eigenvalue weighted by Crippen LogP contribution is -2.14. The summed E-state index contributed by atoms with van der Waals surface area (Å²) in [7, 11) is 0. The molecule has 21 heavy (non-hydrogen) atoms. The van der Waals surface area contributed by atoms with Gasteiger partial charge in [0.25, 0.3) is 0 Å². The van der Waals surface area contributed by atoms with Gasteiger partial charge < -0.3 is 10.4 Å². The van der Waals surface area contributed by atoms with E-state index in [2.05, 4.69) is 10.4 Å². The SMILES string of the molecule is O=C(O)Cn1cc(NC(=O)Cc2ccc(Cl)c(Cl)c2)cn1. The Hall–Kier alpha value is -2.05. The van der Waals surface area contributed by atoms with E-state index in [1.54, 1.807) is 18.2 Å². The third-order valence-electron chi connectivity index (χ3n) is 2.56. The standard InChI is InChI=1S/C13H11Cl2N3O3/c14-10-2-1-8(3-11(10)15)4-12(19)17-9-5-16-18(6-9)7-13(20)21/h1-3,5-6H,4,7H2,(H,17,19)(H,20,21). The second-order valence-electron chi connectivity index (χ2n) is 4.29. The summed E-state index contributed by atoms with van der Waals surface area (Å²) in [5.41, 5.74) is 1.15. The molecule has 0 fully saturated rings. The highest BCUT2D eigenvalue weighted by molar-refractivity contribution is 6.42. The molecule has 0 atom stereocenters. The fourth-order valence-electron chi connectivity index (χ4n) is 1.69. The Labute approximate surface area is 130 Å². The molecule has 0 aliphatic rings. The van der Waals surface area contributed by atoms with Gasteiger partial charge in [-0.15, -0.1) is 0 Å².